The van der Waals surface area contributed by atoms with Gasteiger partial charge in [0.15, 0.2) is 6.33 Å². The van der Waals surface area contributed by atoms with E-state index in [4.69, 9.17) is 0 Å². The molecule has 1 rings (SSSR count). The molecule has 0 unspecified atom stereocenters. The summed E-state index contributed by atoms with van der Waals surface area (Å²) in [5.41, 5.74) is 1.30. The number of hydrogen-bond acceptors (Lipinski definition) is 4. The number of hydrogen-bond donors (Lipinski definition) is 0. The van der Waals surface area contributed by atoms with E-state index in [0.29, 0.717) is 0 Å². The van der Waals surface area contributed by atoms with Gasteiger partial charge in [-0.05, 0) is 5.21 Å². The van der Waals surface area contributed by atoms with Crippen LogP contribution < -0.4 is 0 Å². The summed E-state index contributed by atoms with van der Waals surface area (Å²) in [5, 5.41) is 10.4. The fourth-order valence-corrected chi connectivity index (χ4v) is 0.320. The minimum Gasteiger partial charge on any atom is -0.135 e. The highest BCUT2D eigenvalue weighted by Gasteiger charge is 1.77. The second-order valence-electron chi connectivity index (χ2n) is 0.862. The highest BCUT2D eigenvalue weighted by molar-refractivity contribution is 7.78. The zero-order valence-corrected chi connectivity index (χ0v) is 4.17. The van der Waals surface area contributed by atoms with Crippen LogP contribution in [0.15, 0.2) is 6.33 Å². The van der Waals surface area contributed by atoms with Gasteiger partial charge in [0.2, 0.25) is 0 Å². The van der Waals surface area contributed by atoms with E-state index < -0.39 is 0 Å². The molecule has 0 aromatic carbocycles. The van der Waals surface area contributed by atoms with E-state index in [2.05, 4.69) is 27.6 Å². The Bertz CT molecular complexity index is 145. The van der Waals surface area contributed by atoms with Gasteiger partial charge in [0.1, 0.15) is 5.49 Å². The Balaban J connectivity index is 2.96. The fraction of sp³-hybridized carbons (Fsp3) is 0. The molecular formula is C2H2N4S. The maximum Gasteiger partial charge on any atom is 0.162 e. The molecule has 1 aromatic heterocycles. The molecule has 36 valence electrons. The first-order chi connectivity index (χ1) is 3.43. The second kappa shape index (κ2) is 1.74. The third-order valence-corrected chi connectivity index (χ3v) is 0.648. The van der Waals surface area contributed by atoms with Crippen molar-refractivity contribution in [3.63, 3.8) is 0 Å². The summed E-state index contributed by atoms with van der Waals surface area (Å²) in [4.78, 5) is 1.20. The van der Waals surface area contributed by atoms with Crippen molar-refractivity contribution in [2.24, 2.45) is 0 Å². The zero-order valence-electron chi connectivity index (χ0n) is 3.35. The Labute approximate surface area is 45.1 Å². The maximum atomic E-state index is 4.45. The van der Waals surface area contributed by atoms with Crippen molar-refractivity contribution in [2.45, 2.75) is 0 Å². The average molecular weight is 114 g/mol. The van der Waals surface area contributed by atoms with Crippen LogP contribution >= 0.6 is 12.2 Å². The van der Waals surface area contributed by atoms with Crippen LogP contribution in [0.25, 0.3) is 0 Å². The third-order valence-electron chi connectivity index (χ3n) is 0.459. The molecule has 1 aromatic rings. The van der Waals surface area contributed by atoms with Crippen molar-refractivity contribution in [1.29, 1.82) is 0 Å². The Kier molecular flexibility index (Phi) is 1.08. The molecular weight excluding hydrogens is 112 g/mol. The van der Waals surface area contributed by atoms with Crippen LogP contribution in [0.1, 0.15) is 0 Å². The molecule has 0 N–H and O–H groups in total. The molecule has 0 aliphatic rings. The zero-order chi connectivity index (χ0) is 5.11. The number of aromatic nitrogens is 4. The third kappa shape index (κ3) is 0.774. The largest absolute Gasteiger partial charge is 0.162 e. The molecule has 1 heterocycles. The van der Waals surface area contributed by atoms with Crippen LogP contribution in [-0.4, -0.2) is 25.7 Å². The predicted octanol–water partition coefficient (Wildman–Crippen LogP) is -0.522. The molecule has 4 nitrogen and oxygen atoms in total. The molecule has 0 aliphatic carbocycles. The van der Waals surface area contributed by atoms with Gasteiger partial charge in [0, 0.05) is 0 Å². The highest BCUT2D eigenvalue weighted by atomic mass is 32.1. The first-order valence-electron chi connectivity index (χ1n) is 1.61. The Hall–Kier alpha value is -0.840. The quantitative estimate of drug-likeness (QED) is 0.461. The second-order valence-corrected chi connectivity index (χ2v) is 1.07. The lowest BCUT2D eigenvalue weighted by molar-refractivity contribution is 0.785. The van der Waals surface area contributed by atoms with E-state index in [0.717, 1.165) is 0 Å². The predicted molar refractivity (Wildman–Crippen MR) is 26.9 cm³/mol. The van der Waals surface area contributed by atoms with Crippen LogP contribution in [0, 0.1) is 0 Å². The molecule has 0 aliphatic heterocycles. The van der Waals surface area contributed by atoms with Crippen molar-refractivity contribution in [3.8, 4) is 0 Å². The maximum absolute atomic E-state index is 4.45. The van der Waals surface area contributed by atoms with Gasteiger partial charge in [-0.1, -0.05) is 12.2 Å². The van der Waals surface area contributed by atoms with Gasteiger partial charge in [-0.25, -0.2) is 0 Å². The molecule has 0 spiro atoms. The highest BCUT2D eigenvalue weighted by Crippen LogP contribution is 1.60. The topological polar surface area (TPSA) is 43.6 Å². The lowest BCUT2D eigenvalue weighted by Crippen LogP contribution is -1.96. The molecule has 0 saturated heterocycles. The Morgan fingerprint density at radius 3 is 2.86 bits per heavy atom. The van der Waals surface area contributed by atoms with Crippen molar-refractivity contribution >= 4 is 17.7 Å². The fourth-order valence-electron chi connectivity index (χ4n) is 0.223. The van der Waals surface area contributed by atoms with Crippen LogP contribution in [0.2, 0.25) is 0 Å². The van der Waals surface area contributed by atoms with Gasteiger partial charge in [-0.15, -0.1) is 15.0 Å². The van der Waals surface area contributed by atoms with Crippen molar-refractivity contribution in [1.82, 2.24) is 20.2 Å². The number of nitrogens with zero attached hydrogens (tertiary/aromatic N) is 4. The summed E-state index contributed by atoms with van der Waals surface area (Å²) < 4.78 is 0. The van der Waals surface area contributed by atoms with E-state index in [-0.39, 0.29) is 0 Å². The molecule has 0 atom stereocenters. The van der Waals surface area contributed by atoms with E-state index >= 15 is 0 Å². The van der Waals surface area contributed by atoms with Crippen LogP contribution in [0.3, 0.4) is 0 Å². The van der Waals surface area contributed by atoms with E-state index in [1.807, 2.05) is 0 Å². The SMILES string of the molecule is S=Cn1ncnn1. The molecule has 7 heavy (non-hydrogen) atoms. The summed E-state index contributed by atoms with van der Waals surface area (Å²) in [7, 11) is 0. The van der Waals surface area contributed by atoms with E-state index in [1.165, 1.54) is 16.6 Å². The number of rotatable bonds is 1. The monoisotopic (exact) mass is 114 g/mol. The van der Waals surface area contributed by atoms with Crippen LogP contribution in [0.4, 0.5) is 0 Å². The minimum absolute atomic E-state index is 1.20. The van der Waals surface area contributed by atoms with E-state index in [1.54, 1.807) is 0 Å². The van der Waals surface area contributed by atoms with Crippen LogP contribution in [-0.2, 0) is 0 Å². The van der Waals surface area contributed by atoms with Gasteiger partial charge < -0.3 is 0 Å². The summed E-state index contributed by atoms with van der Waals surface area (Å²) >= 11 is 4.45. The lowest BCUT2D eigenvalue weighted by atomic mass is 11.4. The molecule has 0 saturated carbocycles. The van der Waals surface area contributed by atoms with Crippen molar-refractivity contribution in [3.05, 3.63) is 6.33 Å². The molecule has 0 radical (unpaired) electrons. The van der Waals surface area contributed by atoms with Gasteiger partial charge >= 0.3 is 0 Å². The molecule has 0 fully saturated rings. The number of tetrazole rings is 1. The molecule has 0 amide bonds. The van der Waals surface area contributed by atoms with Gasteiger partial charge in [-0.2, -0.15) is 0 Å². The normalized spacial score (nSPS) is 8.57. The van der Waals surface area contributed by atoms with Gasteiger partial charge in [0.05, 0.1) is 0 Å². The first-order valence-corrected chi connectivity index (χ1v) is 2.08. The van der Waals surface area contributed by atoms with Crippen molar-refractivity contribution < 1.29 is 0 Å². The van der Waals surface area contributed by atoms with Gasteiger partial charge in [-0.3, -0.25) is 0 Å². The number of thiocarbonyl (C=S) groups is 1. The van der Waals surface area contributed by atoms with E-state index in [9.17, 15) is 0 Å². The molecule has 5 heteroatoms. The van der Waals surface area contributed by atoms with Crippen LogP contribution in [0.5, 0.6) is 0 Å². The standard InChI is InChI=1S/C2H2N4S/c7-2-6-4-1-3-5-6/h1-2H. The van der Waals surface area contributed by atoms with Gasteiger partial charge in [0.25, 0.3) is 0 Å². The summed E-state index contributed by atoms with van der Waals surface area (Å²) in [6.07, 6.45) is 1.32. The summed E-state index contributed by atoms with van der Waals surface area (Å²) in [6, 6.07) is 0. The smallest absolute Gasteiger partial charge is 0.135 e. The summed E-state index contributed by atoms with van der Waals surface area (Å²) in [6.45, 7) is 0. The van der Waals surface area contributed by atoms with Crippen molar-refractivity contribution in [2.75, 3.05) is 0 Å². The Morgan fingerprint density at radius 1 is 1.71 bits per heavy atom. The molecule has 0 bridgehead atoms. The Morgan fingerprint density at radius 2 is 2.57 bits per heavy atom. The lowest BCUT2D eigenvalue weighted by Gasteiger charge is -1.73. The first kappa shape index (κ1) is 4.32. The average Bonchev–Trinajstić information content (AvgIpc) is 2.14. The minimum atomic E-state index is 1.20. The summed E-state index contributed by atoms with van der Waals surface area (Å²) in [5.74, 6) is 0.